The lowest BCUT2D eigenvalue weighted by Crippen LogP contribution is -2.13. The van der Waals surface area contributed by atoms with Crippen molar-refractivity contribution in [3.63, 3.8) is 0 Å². The molecule has 78 valence electrons. The summed E-state index contributed by atoms with van der Waals surface area (Å²) in [6.45, 7) is 5.87. The lowest BCUT2D eigenvalue weighted by molar-refractivity contribution is 0.133. The van der Waals surface area contributed by atoms with Crippen LogP contribution in [-0.2, 0) is 0 Å². The fourth-order valence-corrected chi connectivity index (χ4v) is 1.18. The molecule has 0 radical (unpaired) electrons. The van der Waals surface area contributed by atoms with Crippen LogP contribution in [0.2, 0.25) is 0 Å². The number of nitrogens with one attached hydrogen (secondary N) is 1. The van der Waals surface area contributed by atoms with Crippen molar-refractivity contribution in [1.82, 2.24) is 5.48 Å². The molecule has 0 aliphatic carbocycles. The molecule has 1 unspecified atom stereocenters. The van der Waals surface area contributed by atoms with Crippen molar-refractivity contribution in [3.8, 4) is 5.75 Å². The monoisotopic (exact) mass is 195 g/mol. The van der Waals surface area contributed by atoms with Crippen LogP contribution in [0.25, 0.3) is 0 Å². The molecule has 1 aromatic carbocycles. The third-order valence-electron chi connectivity index (χ3n) is 1.95. The van der Waals surface area contributed by atoms with Crippen molar-refractivity contribution in [2.75, 3.05) is 0 Å². The van der Waals surface area contributed by atoms with Crippen molar-refractivity contribution in [3.05, 3.63) is 29.8 Å². The van der Waals surface area contributed by atoms with E-state index < -0.39 is 0 Å². The third kappa shape index (κ3) is 3.01. The van der Waals surface area contributed by atoms with E-state index in [-0.39, 0.29) is 12.1 Å². The van der Waals surface area contributed by atoms with Gasteiger partial charge in [-0.25, -0.2) is 0 Å². The van der Waals surface area contributed by atoms with Gasteiger partial charge in [0, 0.05) is 0 Å². The predicted octanol–water partition coefficient (Wildman–Crippen LogP) is 2.51. The van der Waals surface area contributed by atoms with Gasteiger partial charge in [0.2, 0.25) is 0 Å². The summed E-state index contributed by atoms with van der Waals surface area (Å²) in [7, 11) is 0. The van der Waals surface area contributed by atoms with Gasteiger partial charge in [-0.3, -0.25) is 0 Å². The van der Waals surface area contributed by atoms with Crippen LogP contribution < -0.4 is 10.2 Å². The Hall–Kier alpha value is -1.06. The van der Waals surface area contributed by atoms with Crippen LogP contribution in [0, 0.1) is 0 Å². The van der Waals surface area contributed by atoms with E-state index in [1.807, 2.05) is 45.0 Å². The Morgan fingerprint density at radius 1 is 1.14 bits per heavy atom. The van der Waals surface area contributed by atoms with Gasteiger partial charge in [-0.05, 0) is 38.5 Å². The van der Waals surface area contributed by atoms with Crippen molar-refractivity contribution in [1.29, 1.82) is 0 Å². The molecule has 0 fully saturated rings. The van der Waals surface area contributed by atoms with Gasteiger partial charge in [0.15, 0.2) is 0 Å². The molecule has 3 heteroatoms. The second-order valence-corrected chi connectivity index (χ2v) is 3.59. The molecule has 1 atom stereocenters. The number of hydrogen-bond acceptors (Lipinski definition) is 3. The van der Waals surface area contributed by atoms with Gasteiger partial charge in [0.1, 0.15) is 5.75 Å². The van der Waals surface area contributed by atoms with Gasteiger partial charge in [0.25, 0.3) is 0 Å². The number of hydrogen-bond donors (Lipinski definition) is 2. The predicted molar refractivity (Wildman–Crippen MR) is 55.5 cm³/mol. The highest BCUT2D eigenvalue weighted by atomic mass is 16.5. The lowest BCUT2D eigenvalue weighted by Gasteiger charge is -2.12. The van der Waals surface area contributed by atoms with E-state index in [0.29, 0.717) is 0 Å². The van der Waals surface area contributed by atoms with Crippen LogP contribution in [0.4, 0.5) is 0 Å². The molecule has 0 saturated carbocycles. The van der Waals surface area contributed by atoms with Gasteiger partial charge in [-0.1, -0.05) is 12.1 Å². The van der Waals surface area contributed by atoms with Crippen LogP contribution in [0.5, 0.6) is 5.75 Å². The maximum absolute atomic E-state index is 8.72. The number of rotatable bonds is 4. The molecule has 0 aliphatic rings. The first-order valence-electron chi connectivity index (χ1n) is 4.79. The lowest BCUT2D eigenvalue weighted by atomic mass is 10.1. The van der Waals surface area contributed by atoms with Crippen LogP contribution in [0.1, 0.15) is 32.4 Å². The number of hydroxylamine groups is 1. The molecule has 0 spiro atoms. The summed E-state index contributed by atoms with van der Waals surface area (Å²) in [5.41, 5.74) is 3.23. The van der Waals surface area contributed by atoms with E-state index in [2.05, 4.69) is 5.48 Å². The first-order chi connectivity index (χ1) is 6.63. The van der Waals surface area contributed by atoms with E-state index in [4.69, 9.17) is 9.94 Å². The van der Waals surface area contributed by atoms with E-state index in [9.17, 15) is 0 Å². The smallest absolute Gasteiger partial charge is 0.119 e. The highest BCUT2D eigenvalue weighted by molar-refractivity contribution is 5.28. The molecule has 2 N–H and O–H groups in total. The summed E-state index contributed by atoms with van der Waals surface area (Å²) in [6, 6.07) is 7.63. The zero-order valence-electron chi connectivity index (χ0n) is 8.82. The van der Waals surface area contributed by atoms with Crippen molar-refractivity contribution < 1.29 is 9.94 Å². The molecule has 14 heavy (non-hydrogen) atoms. The molecule has 1 aromatic rings. The standard InChI is InChI=1S/C11H17NO2/c1-8(2)14-11-6-4-10(5-7-11)9(3)12-13/h4-9,12-13H,1-3H3. The quantitative estimate of drug-likeness (QED) is 0.725. The summed E-state index contributed by atoms with van der Waals surface area (Å²) in [5, 5.41) is 8.72. The van der Waals surface area contributed by atoms with Gasteiger partial charge < -0.3 is 9.94 Å². The first kappa shape index (κ1) is 11.0. The second-order valence-electron chi connectivity index (χ2n) is 3.59. The Kier molecular flexibility index (Phi) is 3.92. The molecule has 0 amide bonds. The second kappa shape index (κ2) is 4.98. The molecule has 3 nitrogen and oxygen atoms in total. The number of benzene rings is 1. The minimum Gasteiger partial charge on any atom is -0.491 e. The Labute approximate surface area is 84.7 Å². The van der Waals surface area contributed by atoms with E-state index in [1.165, 1.54) is 0 Å². The Morgan fingerprint density at radius 3 is 2.14 bits per heavy atom. The van der Waals surface area contributed by atoms with Gasteiger partial charge in [-0.2, -0.15) is 5.48 Å². The average molecular weight is 195 g/mol. The Bertz CT molecular complexity index is 269. The fraction of sp³-hybridized carbons (Fsp3) is 0.455. The summed E-state index contributed by atoms with van der Waals surface area (Å²) >= 11 is 0. The van der Waals surface area contributed by atoms with Crippen molar-refractivity contribution in [2.24, 2.45) is 0 Å². The minimum atomic E-state index is -0.0527. The highest BCUT2D eigenvalue weighted by Crippen LogP contribution is 2.17. The van der Waals surface area contributed by atoms with Gasteiger partial charge in [-0.15, -0.1) is 0 Å². The SMILES string of the molecule is CC(C)Oc1ccc(C(C)NO)cc1. The largest absolute Gasteiger partial charge is 0.491 e. The summed E-state index contributed by atoms with van der Waals surface area (Å²) in [5.74, 6) is 0.855. The topological polar surface area (TPSA) is 41.5 Å². The van der Waals surface area contributed by atoms with Crippen LogP contribution in [0.15, 0.2) is 24.3 Å². The zero-order valence-corrected chi connectivity index (χ0v) is 8.82. The van der Waals surface area contributed by atoms with Crippen LogP contribution in [0.3, 0.4) is 0 Å². The molecule has 0 heterocycles. The maximum atomic E-state index is 8.72. The van der Waals surface area contributed by atoms with Crippen molar-refractivity contribution >= 4 is 0 Å². The molecule has 0 bridgehead atoms. The van der Waals surface area contributed by atoms with E-state index >= 15 is 0 Å². The molecule has 1 rings (SSSR count). The summed E-state index contributed by atoms with van der Waals surface area (Å²) in [6.07, 6.45) is 0.189. The van der Waals surface area contributed by atoms with E-state index in [0.717, 1.165) is 11.3 Å². The Balaban J connectivity index is 2.68. The molecule has 0 aliphatic heterocycles. The van der Waals surface area contributed by atoms with Gasteiger partial charge >= 0.3 is 0 Å². The first-order valence-corrected chi connectivity index (χ1v) is 4.79. The maximum Gasteiger partial charge on any atom is 0.119 e. The minimum absolute atomic E-state index is 0.0527. The average Bonchev–Trinajstić information content (AvgIpc) is 2.17. The summed E-state index contributed by atoms with van der Waals surface area (Å²) in [4.78, 5) is 0. The zero-order chi connectivity index (χ0) is 10.6. The number of ether oxygens (including phenoxy) is 1. The van der Waals surface area contributed by atoms with Crippen LogP contribution >= 0.6 is 0 Å². The highest BCUT2D eigenvalue weighted by Gasteiger charge is 2.03. The summed E-state index contributed by atoms with van der Waals surface area (Å²) < 4.78 is 5.50. The van der Waals surface area contributed by atoms with Crippen molar-refractivity contribution in [2.45, 2.75) is 32.9 Å². The molecule has 0 aromatic heterocycles. The van der Waals surface area contributed by atoms with Gasteiger partial charge in [0.05, 0.1) is 12.1 Å². The van der Waals surface area contributed by atoms with E-state index in [1.54, 1.807) is 0 Å². The fourth-order valence-electron chi connectivity index (χ4n) is 1.18. The normalized spacial score (nSPS) is 12.9. The Morgan fingerprint density at radius 2 is 1.71 bits per heavy atom. The molecule has 0 saturated heterocycles. The van der Waals surface area contributed by atoms with Crippen LogP contribution in [-0.4, -0.2) is 11.3 Å². The molecular formula is C11H17NO2. The third-order valence-corrected chi connectivity index (χ3v) is 1.95. The molecular weight excluding hydrogens is 178 g/mol.